The first-order valence-electron chi connectivity index (χ1n) is 13.9. The smallest absolute Gasteiger partial charge is 0.255 e. The average molecular weight is 580 g/mol. The van der Waals surface area contributed by atoms with Crippen molar-refractivity contribution in [2.24, 2.45) is 0 Å². The van der Waals surface area contributed by atoms with Crippen LogP contribution >= 0.6 is 0 Å². The molecule has 9 heteroatoms. The van der Waals surface area contributed by atoms with Crippen LogP contribution in [0.1, 0.15) is 21.7 Å². The van der Waals surface area contributed by atoms with Crippen molar-refractivity contribution in [2.75, 3.05) is 17.2 Å². The Morgan fingerprint density at radius 3 is 2.48 bits per heavy atom. The molecule has 2 N–H and O–H groups in total. The van der Waals surface area contributed by atoms with Crippen molar-refractivity contribution >= 4 is 54.1 Å². The molecule has 0 unspecified atom stereocenters. The molecule has 0 radical (unpaired) electrons. The van der Waals surface area contributed by atoms with E-state index in [1.165, 1.54) is 6.07 Å². The number of carbonyl (C=O) groups excluding carboxylic acids is 1. The Balaban J connectivity index is 1.39. The molecule has 3 aromatic carbocycles. The van der Waals surface area contributed by atoms with Crippen LogP contribution in [-0.2, 0) is 11.5 Å². The minimum absolute atomic E-state index is 0.0951. The van der Waals surface area contributed by atoms with Crippen molar-refractivity contribution in [1.82, 2.24) is 14.8 Å². The average Bonchev–Trinajstić information content (AvgIpc) is 3.33. The number of fused-ring (bicyclic) bond motifs is 1. The van der Waals surface area contributed by atoms with Gasteiger partial charge in [0.2, 0.25) is 0 Å². The van der Waals surface area contributed by atoms with E-state index in [9.17, 15) is 9.18 Å². The molecule has 1 amide bonds. The minimum atomic E-state index is -1.22. The summed E-state index contributed by atoms with van der Waals surface area (Å²) in [7, 11) is -1.22. The molecule has 2 aromatic heterocycles. The molecule has 214 valence electrons. The largest absolute Gasteiger partial charge is 0.360 e. The molecule has 0 aliphatic carbocycles. The van der Waals surface area contributed by atoms with Gasteiger partial charge < -0.3 is 15.4 Å². The first-order chi connectivity index (χ1) is 20.2. The lowest BCUT2D eigenvalue weighted by atomic mass is 10.1. The van der Waals surface area contributed by atoms with E-state index in [4.69, 9.17) is 9.84 Å². The van der Waals surface area contributed by atoms with Crippen molar-refractivity contribution in [3.63, 3.8) is 0 Å². The molecule has 0 saturated carbocycles. The number of aromatic nitrogens is 3. The molecule has 0 bridgehead atoms. The van der Waals surface area contributed by atoms with E-state index in [0.717, 1.165) is 34.0 Å². The SMILES string of the molecule is C[Si](C)(C)CCOCn1nc(C=Cc2ccccn2)c2ccc(Nc3ccc(F)c(NC(=O)c4ccccc4)c3)cc21. The number of hydrogen-bond donors (Lipinski definition) is 2. The summed E-state index contributed by atoms with van der Waals surface area (Å²) in [6.07, 6.45) is 5.65. The monoisotopic (exact) mass is 579 g/mol. The highest BCUT2D eigenvalue weighted by atomic mass is 28.3. The van der Waals surface area contributed by atoms with Crippen molar-refractivity contribution in [3.8, 4) is 0 Å². The molecular weight excluding hydrogens is 545 g/mol. The number of benzene rings is 3. The summed E-state index contributed by atoms with van der Waals surface area (Å²) in [5.74, 6) is -0.893. The van der Waals surface area contributed by atoms with Gasteiger partial charge in [-0.2, -0.15) is 5.10 Å². The number of rotatable bonds is 11. The molecule has 5 aromatic rings. The lowest BCUT2D eigenvalue weighted by molar-refractivity contribution is 0.0816. The third-order valence-corrected chi connectivity index (χ3v) is 8.33. The Hall–Kier alpha value is -4.60. The fourth-order valence-electron chi connectivity index (χ4n) is 4.32. The molecule has 0 atom stereocenters. The van der Waals surface area contributed by atoms with Crippen LogP contribution in [-0.4, -0.2) is 35.4 Å². The van der Waals surface area contributed by atoms with Gasteiger partial charge in [0.1, 0.15) is 12.5 Å². The molecule has 2 heterocycles. The second kappa shape index (κ2) is 12.9. The van der Waals surface area contributed by atoms with E-state index in [-0.39, 0.29) is 11.6 Å². The van der Waals surface area contributed by atoms with Gasteiger partial charge in [0.25, 0.3) is 5.91 Å². The van der Waals surface area contributed by atoms with Crippen LogP contribution in [0.5, 0.6) is 0 Å². The van der Waals surface area contributed by atoms with Crippen molar-refractivity contribution < 1.29 is 13.9 Å². The number of hydrogen-bond acceptors (Lipinski definition) is 5. The fourth-order valence-corrected chi connectivity index (χ4v) is 5.07. The van der Waals surface area contributed by atoms with Gasteiger partial charge in [-0.05, 0) is 78.9 Å². The maximum Gasteiger partial charge on any atom is 0.255 e. The lowest BCUT2D eigenvalue weighted by Crippen LogP contribution is -2.22. The number of anilines is 3. The molecule has 0 aliphatic heterocycles. The predicted octanol–water partition coefficient (Wildman–Crippen LogP) is 8.05. The van der Waals surface area contributed by atoms with Gasteiger partial charge in [-0.15, -0.1) is 0 Å². The molecule has 0 fully saturated rings. The molecule has 42 heavy (non-hydrogen) atoms. The second-order valence-corrected chi connectivity index (χ2v) is 16.8. The van der Waals surface area contributed by atoms with Crippen LogP contribution in [0.25, 0.3) is 23.1 Å². The zero-order chi connectivity index (χ0) is 29.5. The van der Waals surface area contributed by atoms with Crippen LogP contribution in [0, 0.1) is 5.82 Å². The zero-order valence-electron chi connectivity index (χ0n) is 24.0. The van der Waals surface area contributed by atoms with E-state index in [1.807, 2.05) is 59.3 Å². The predicted molar refractivity (Wildman–Crippen MR) is 171 cm³/mol. The van der Waals surface area contributed by atoms with Crippen LogP contribution in [0.3, 0.4) is 0 Å². The van der Waals surface area contributed by atoms with Crippen LogP contribution < -0.4 is 10.6 Å². The fraction of sp³-hybridized carbons (Fsp3) is 0.182. The van der Waals surface area contributed by atoms with Gasteiger partial charge in [-0.1, -0.05) is 43.9 Å². The Morgan fingerprint density at radius 1 is 0.952 bits per heavy atom. The van der Waals surface area contributed by atoms with Crippen LogP contribution in [0.4, 0.5) is 21.5 Å². The first-order valence-corrected chi connectivity index (χ1v) is 17.6. The normalized spacial score (nSPS) is 11.7. The summed E-state index contributed by atoms with van der Waals surface area (Å²) in [5, 5.41) is 11.8. The molecule has 7 nitrogen and oxygen atoms in total. The topological polar surface area (TPSA) is 81.1 Å². The Labute approximate surface area is 246 Å². The van der Waals surface area contributed by atoms with Gasteiger partial charge in [0.15, 0.2) is 0 Å². The van der Waals surface area contributed by atoms with E-state index < -0.39 is 13.9 Å². The lowest BCUT2D eigenvalue weighted by Gasteiger charge is -2.15. The van der Waals surface area contributed by atoms with Crippen LogP contribution in [0.2, 0.25) is 25.7 Å². The molecular formula is C33H34FN5O2Si. The summed E-state index contributed by atoms with van der Waals surface area (Å²) < 4.78 is 22.5. The van der Waals surface area contributed by atoms with Crippen molar-refractivity contribution in [3.05, 3.63) is 114 Å². The minimum Gasteiger partial charge on any atom is -0.360 e. The molecule has 0 spiro atoms. The summed E-state index contributed by atoms with van der Waals surface area (Å²) in [6, 6.07) is 26.1. The van der Waals surface area contributed by atoms with Crippen molar-refractivity contribution in [1.29, 1.82) is 0 Å². The molecule has 5 rings (SSSR count). The molecule has 0 aliphatic rings. The zero-order valence-corrected chi connectivity index (χ0v) is 25.0. The number of halogens is 1. The van der Waals surface area contributed by atoms with E-state index >= 15 is 0 Å². The second-order valence-electron chi connectivity index (χ2n) is 11.2. The summed E-state index contributed by atoms with van der Waals surface area (Å²) >= 11 is 0. The van der Waals surface area contributed by atoms with Crippen LogP contribution in [0.15, 0.2) is 91.1 Å². The third-order valence-electron chi connectivity index (χ3n) is 6.63. The first kappa shape index (κ1) is 28.9. The summed E-state index contributed by atoms with van der Waals surface area (Å²) in [4.78, 5) is 17.0. The van der Waals surface area contributed by atoms with Gasteiger partial charge in [-0.3, -0.25) is 9.78 Å². The number of nitrogens with zero attached hydrogens (tertiary/aromatic N) is 3. The number of carbonyl (C=O) groups is 1. The highest BCUT2D eigenvalue weighted by Crippen LogP contribution is 2.28. The van der Waals surface area contributed by atoms with Gasteiger partial charge in [-0.25, -0.2) is 9.07 Å². The maximum atomic E-state index is 14.6. The number of nitrogens with one attached hydrogen (secondary N) is 2. The Bertz CT molecular complexity index is 1700. The Kier molecular flexibility index (Phi) is 8.90. The third kappa shape index (κ3) is 7.57. The maximum absolute atomic E-state index is 14.6. The van der Waals surface area contributed by atoms with Gasteiger partial charge in [0, 0.05) is 43.2 Å². The number of pyridine rings is 1. The highest BCUT2D eigenvalue weighted by molar-refractivity contribution is 6.76. The number of amides is 1. The standard InChI is InChI=1S/C33H34FN5O2Si/c1-42(2,3)20-19-41-23-39-32-22-27(12-15-28(32)30(38-39)17-14-25-11-7-8-18-35-25)36-26-13-16-29(34)31(21-26)37-33(40)24-9-5-4-6-10-24/h4-18,21-22,36H,19-20,23H2,1-3H3,(H,37,40). The van der Waals surface area contributed by atoms with E-state index in [0.29, 0.717) is 24.6 Å². The quantitative estimate of drug-likeness (QED) is 0.122. The van der Waals surface area contributed by atoms with Crippen molar-refractivity contribution in [2.45, 2.75) is 32.4 Å². The number of ether oxygens (including phenoxy) is 1. The van der Waals surface area contributed by atoms with E-state index in [2.05, 4.69) is 35.3 Å². The highest BCUT2D eigenvalue weighted by Gasteiger charge is 2.15. The summed E-state index contributed by atoms with van der Waals surface area (Å²) in [5.41, 5.74) is 4.52. The molecule has 0 saturated heterocycles. The summed E-state index contributed by atoms with van der Waals surface area (Å²) in [6.45, 7) is 7.99. The van der Waals surface area contributed by atoms with Gasteiger partial charge in [0.05, 0.1) is 22.6 Å². The van der Waals surface area contributed by atoms with E-state index in [1.54, 1.807) is 42.6 Å². The van der Waals surface area contributed by atoms with Gasteiger partial charge >= 0.3 is 0 Å². The Morgan fingerprint density at radius 2 is 1.71 bits per heavy atom.